The largest absolute Gasteiger partial charge is 0.463 e. The second-order valence-corrected chi connectivity index (χ2v) is 9.72. The number of hydrogen-bond acceptors (Lipinski definition) is 6. The average molecular weight is 485 g/mol. The Morgan fingerprint density at radius 1 is 1.17 bits per heavy atom. The van der Waals surface area contributed by atoms with Crippen LogP contribution in [-0.4, -0.2) is 56.9 Å². The van der Waals surface area contributed by atoms with Crippen molar-refractivity contribution in [3.05, 3.63) is 51.9 Å². The van der Waals surface area contributed by atoms with Gasteiger partial charge in [0.1, 0.15) is 5.76 Å². The van der Waals surface area contributed by atoms with Crippen molar-refractivity contribution in [2.45, 2.75) is 31.2 Å². The molecule has 1 fully saturated rings. The summed E-state index contributed by atoms with van der Waals surface area (Å²) < 4.78 is 39.1. The van der Waals surface area contributed by atoms with Crippen LogP contribution in [0.5, 0.6) is 0 Å². The molecule has 0 aliphatic carbocycles. The van der Waals surface area contributed by atoms with Gasteiger partial charge in [0.25, 0.3) is 0 Å². The first-order chi connectivity index (χ1) is 13.8. The topological polar surface area (TPSA) is 80.1 Å². The molecule has 0 amide bonds. The van der Waals surface area contributed by atoms with Gasteiger partial charge >= 0.3 is 5.97 Å². The van der Waals surface area contributed by atoms with E-state index in [9.17, 15) is 13.2 Å². The Morgan fingerprint density at radius 3 is 2.69 bits per heavy atom. The zero-order chi connectivity index (χ0) is 21.0. The highest BCUT2D eigenvalue weighted by Crippen LogP contribution is 2.25. The lowest BCUT2D eigenvalue weighted by molar-refractivity contribution is 0.0561. The molecular weight excluding hydrogens is 460 g/mol. The summed E-state index contributed by atoms with van der Waals surface area (Å²) in [6.07, 6.45) is 1.37. The predicted octanol–water partition coefficient (Wildman–Crippen LogP) is 3.29. The smallest absolute Gasteiger partial charge is 0.373 e. The van der Waals surface area contributed by atoms with Gasteiger partial charge in [-0.3, -0.25) is 4.90 Å². The highest BCUT2D eigenvalue weighted by molar-refractivity contribution is 9.10. The number of benzene rings is 1. The molecule has 0 bridgehead atoms. The van der Waals surface area contributed by atoms with Crippen LogP contribution >= 0.6 is 15.9 Å². The Hall–Kier alpha value is -1.68. The molecule has 1 aliphatic rings. The van der Waals surface area contributed by atoms with E-state index in [0.29, 0.717) is 43.3 Å². The molecule has 1 aromatic heterocycles. The summed E-state index contributed by atoms with van der Waals surface area (Å²) in [7, 11) is -2.24. The van der Waals surface area contributed by atoms with Crippen LogP contribution in [0, 0.1) is 0 Å². The normalized spacial score (nSPS) is 16.5. The molecule has 2 aromatic rings. The van der Waals surface area contributed by atoms with E-state index in [0.717, 1.165) is 23.0 Å². The number of carbonyl (C=O) groups is 1. The maximum Gasteiger partial charge on any atom is 0.373 e. The molecule has 0 radical (unpaired) electrons. The summed E-state index contributed by atoms with van der Waals surface area (Å²) in [5, 5.41) is 0. The minimum absolute atomic E-state index is 0.170. The van der Waals surface area contributed by atoms with Crippen molar-refractivity contribution in [1.82, 2.24) is 9.21 Å². The van der Waals surface area contributed by atoms with Crippen molar-refractivity contribution in [3.8, 4) is 0 Å². The lowest BCUT2D eigenvalue weighted by Gasteiger charge is -2.22. The van der Waals surface area contributed by atoms with Crippen LogP contribution in [-0.2, 0) is 27.7 Å². The van der Waals surface area contributed by atoms with Gasteiger partial charge in [0.2, 0.25) is 15.8 Å². The van der Waals surface area contributed by atoms with Gasteiger partial charge in [0.05, 0.1) is 18.6 Å². The lowest BCUT2D eigenvalue weighted by atomic mass is 10.2. The zero-order valence-corrected chi connectivity index (χ0v) is 19.0. The van der Waals surface area contributed by atoms with Crippen molar-refractivity contribution in [2.24, 2.45) is 0 Å². The highest BCUT2D eigenvalue weighted by atomic mass is 79.9. The summed E-state index contributed by atoms with van der Waals surface area (Å²) in [6.45, 7) is 4.70. The van der Waals surface area contributed by atoms with E-state index in [-0.39, 0.29) is 5.76 Å². The predicted molar refractivity (Wildman–Crippen MR) is 112 cm³/mol. The number of nitrogens with zero attached hydrogens (tertiary/aromatic N) is 2. The number of rotatable bonds is 6. The number of carbonyl (C=O) groups excluding carboxylic acids is 1. The van der Waals surface area contributed by atoms with E-state index >= 15 is 0 Å². The SMILES string of the molecule is CCc1cc(Br)ccc1S(=O)(=O)N1CCCN(Cc2ccc(C(=O)OC)o2)CC1. The van der Waals surface area contributed by atoms with Gasteiger partial charge in [-0.25, -0.2) is 13.2 Å². The molecule has 9 heteroatoms. The lowest BCUT2D eigenvalue weighted by Crippen LogP contribution is -2.35. The van der Waals surface area contributed by atoms with Crippen LogP contribution in [0.2, 0.25) is 0 Å². The molecule has 0 saturated carbocycles. The van der Waals surface area contributed by atoms with E-state index in [2.05, 4.69) is 25.6 Å². The van der Waals surface area contributed by atoms with Crippen LogP contribution in [0.1, 0.15) is 35.2 Å². The summed E-state index contributed by atoms with van der Waals surface area (Å²) in [5.74, 6) is 0.317. The Kier molecular flexibility index (Phi) is 7.15. The molecule has 1 saturated heterocycles. The van der Waals surface area contributed by atoms with Crippen molar-refractivity contribution >= 4 is 31.9 Å². The number of esters is 1. The first kappa shape index (κ1) is 22.0. The van der Waals surface area contributed by atoms with Crippen molar-refractivity contribution in [2.75, 3.05) is 33.3 Å². The van der Waals surface area contributed by atoms with E-state index < -0.39 is 16.0 Å². The van der Waals surface area contributed by atoms with Crippen molar-refractivity contribution < 1.29 is 22.4 Å². The number of furan rings is 1. The standard InChI is InChI=1S/C20H25BrN2O5S/c1-3-15-13-16(21)5-8-19(15)29(25,26)23-10-4-9-22(11-12-23)14-17-6-7-18(28-17)20(24)27-2/h5-8,13H,3-4,9-12,14H2,1-2H3. The van der Waals surface area contributed by atoms with Crippen molar-refractivity contribution in [1.29, 1.82) is 0 Å². The van der Waals surface area contributed by atoms with Crippen LogP contribution in [0.25, 0.3) is 0 Å². The zero-order valence-electron chi connectivity index (χ0n) is 16.6. The van der Waals surface area contributed by atoms with Crippen LogP contribution < -0.4 is 0 Å². The molecule has 0 unspecified atom stereocenters. The van der Waals surface area contributed by atoms with Crippen LogP contribution in [0.15, 0.2) is 44.1 Å². The van der Waals surface area contributed by atoms with Gasteiger partial charge in [-0.2, -0.15) is 4.31 Å². The van der Waals surface area contributed by atoms with Gasteiger partial charge in [-0.1, -0.05) is 22.9 Å². The molecule has 3 rings (SSSR count). The first-order valence-corrected chi connectivity index (χ1v) is 11.8. The fourth-order valence-corrected chi connectivity index (χ4v) is 5.61. The molecule has 29 heavy (non-hydrogen) atoms. The summed E-state index contributed by atoms with van der Waals surface area (Å²) in [5.41, 5.74) is 0.811. The Balaban J connectivity index is 1.69. The summed E-state index contributed by atoms with van der Waals surface area (Å²) in [6, 6.07) is 8.66. The summed E-state index contributed by atoms with van der Waals surface area (Å²) >= 11 is 3.41. The first-order valence-electron chi connectivity index (χ1n) is 9.53. The molecule has 0 spiro atoms. The van der Waals surface area contributed by atoms with Gasteiger partial charge in [0.15, 0.2) is 0 Å². The van der Waals surface area contributed by atoms with E-state index in [1.807, 2.05) is 13.0 Å². The monoisotopic (exact) mass is 484 g/mol. The molecular formula is C20H25BrN2O5S. The maximum atomic E-state index is 13.2. The van der Waals surface area contributed by atoms with Crippen LogP contribution in [0.4, 0.5) is 0 Å². The van der Waals surface area contributed by atoms with Gasteiger partial charge in [-0.15, -0.1) is 0 Å². The number of halogens is 1. The minimum atomic E-state index is -3.55. The number of aryl methyl sites for hydroxylation is 1. The third kappa shape index (κ3) is 5.09. The molecule has 0 N–H and O–H groups in total. The van der Waals surface area contributed by atoms with Crippen molar-refractivity contribution in [3.63, 3.8) is 0 Å². The molecule has 0 atom stereocenters. The Bertz CT molecular complexity index is 973. The third-order valence-corrected chi connectivity index (χ3v) is 7.49. The minimum Gasteiger partial charge on any atom is -0.463 e. The fraction of sp³-hybridized carbons (Fsp3) is 0.450. The van der Waals surface area contributed by atoms with Gasteiger partial charge in [-0.05, 0) is 55.3 Å². The quantitative estimate of drug-likeness (QED) is 0.585. The van der Waals surface area contributed by atoms with Crippen LogP contribution in [0.3, 0.4) is 0 Å². The van der Waals surface area contributed by atoms with Gasteiger partial charge in [0, 0.05) is 24.1 Å². The Morgan fingerprint density at radius 2 is 1.97 bits per heavy atom. The maximum absolute atomic E-state index is 13.2. The molecule has 2 heterocycles. The second kappa shape index (κ2) is 9.42. The third-order valence-electron chi connectivity index (χ3n) is 5.00. The van der Waals surface area contributed by atoms with E-state index in [4.69, 9.17) is 4.42 Å². The molecule has 7 nitrogen and oxygen atoms in total. The summed E-state index contributed by atoms with van der Waals surface area (Å²) in [4.78, 5) is 14.0. The number of hydrogen-bond donors (Lipinski definition) is 0. The molecule has 1 aromatic carbocycles. The number of ether oxygens (including phenoxy) is 1. The Labute approximate surface area is 179 Å². The highest BCUT2D eigenvalue weighted by Gasteiger charge is 2.29. The fourth-order valence-electron chi connectivity index (χ4n) is 3.45. The van der Waals surface area contributed by atoms with E-state index in [1.54, 1.807) is 28.6 Å². The average Bonchev–Trinajstić information content (AvgIpc) is 3.04. The van der Waals surface area contributed by atoms with Gasteiger partial charge < -0.3 is 9.15 Å². The molecule has 1 aliphatic heterocycles. The number of sulfonamides is 1. The second-order valence-electron chi connectivity index (χ2n) is 6.90. The van der Waals surface area contributed by atoms with E-state index in [1.165, 1.54) is 7.11 Å². The number of methoxy groups -OCH3 is 1. The molecule has 158 valence electrons.